The minimum Gasteiger partial charge on any atom is -0.368 e. The first-order valence-electron chi connectivity index (χ1n) is 5.07. The fourth-order valence-electron chi connectivity index (χ4n) is 2.66. The number of nitrogen functional groups attached to an aromatic ring is 1. The minimum absolute atomic E-state index is 0.321. The molecule has 0 amide bonds. The van der Waals surface area contributed by atoms with Crippen LogP contribution in [-0.4, -0.2) is 27.0 Å². The second-order valence-corrected chi connectivity index (χ2v) is 4.01. The van der Waals surface area contributed by atoms with Crippen molar-refractivity contribution in [2.45, 2.75) is 37.8 Å². The number of hydrogen-bond acceptors (Lipinski definition) is 5. The van der Waals surface area contributed by atoms with Gasteiger partial charge in [-0.2, -0.15) is 4.98 Å². The lowest BCUT2D eigenvalue weighted by molar-refractivity contribution is 0.576. The summed E-state index contributed by atoms with van der Waals surface area (Å²) in [6.07, 6.45) is 6.59. The fourth-order valence-corrected chi connectivity index (χ4v) is 2.66. The van der Waals surface area contributed by atoms with Gasteiger partial charge < -0.3 is 10.6 Å². The topological polar surface area (TPSA) is 67.9 Å². The second-order valence-electron chi connectivity index (χ2n) is 4.01. The summed E-state index contributed by atoms with van der Waals surface area (Å²) in [6, 6.07) is 1.28. The molecule has 5 heteroatoms. The van der Waals surface area contributed by atoms with E-state index in [0.717, 1.165) is 5.95 Å². The third-order valence-electron chi connectivity index (χ3n) is 3.26. The summed E-state index contributed by atoms with van der Waals surface area (Å²) in [6.45, 7) is 0. The van der Waals surface area contributed by atoms with Gasteiger partial charge in [0.25, 0.3) is 0 Å². The Bertz CT molecular complexity index is 333. The van der Waals surface area contributed by atoms with Crippen molar-refractivity contribution in [2.75, 3.05) is 10.6 Å². The van der Waals surface area contributed by atoms with Crippen LogP contribution in [-0.2, 0) is 0 Å². The van der Waals surface area contributed by atoms with E-state index in [-0.39, 0.29) is 0 Å². The van der Waals surface area contributed by atoms with Gasteiger partial charge in [-0.05, 0) is 25.7 Å². The molecule has 2 aliphatic heterocycles. The van der Waals surface area contributed by atoms with E-state index in [0.29, 0.717) is 18.0 Å². The number of nitrogens with zero attached hydrogens (tertiary/aromatic N) is 4. The van der Waals surface area contributed by atoms with Crippen LogP contribution in [0.15, 0.2) is 6.33 Å². The Labute approximate surface area is 82.4 Å². The Morgan fingerprint density at radius 1 is 1.14 bits per heavy atom. The van der Waals surface area contributed by atoms with Crippen LogP contribution in [0.3, 0.4) is 0 Å². The first-order valence-corrected chi connectivity index (χ1v) is 5.07. The average molecular weight is 191 g/mol. The van der Waals surface area contributed by atoms with E-state index in [1.54, 1.807) is 0 Å². The molecule has 3 rings (SSSR count). The summed E-state index contributed by atoms with van der Waals surface area (Å²) in [5.41, 5.74) is 5.55. The maximum Gasteiger partial charge on any atom is 0.230 e. The molecule has 0 aromatic carbocycles. The Balaban J connectivity index is 1.95. The lowest BCUT2D eigenvalue weighted by Gasteiger charge is -2.21. The third-order valence-corrected chi connectivity index (χ3v) is 3.26. The van der Waals surface area contributed by atoms with Gasteiger partial charge in [-0.15, -0.1) is 0 Å². The predicted octanol–water partition coefficient (Wildman–Crippen LogP) is 0.585. The Hall–Kier alpha value is -1.39. The summed E-state index contributed by atoms with van der Waals surface area (Å²) in [7, 11) is 0. The highest BCUT2D eigenvalue weighted by molar-refractivity contribution is 5.40. The SMILES string of the molecule is Nc1ncnc(N2C3CCC2CC3)n1. The molecule has 0 spiro atoms. The fraction of sp³-hybridized carbons (Fsp3) is 0.667. The molecule has 0 aliphatic carbocycles. The zero-order valence-electron chi connectivity index (χ0n) is 7.93. The van der Waals surface area contributed by atoms with Gasteiger partial charge in [0.05, 0.1) is 0 Å². The van der Waals surface area contributed by atoms with Gasteiger partial charge in [-0.1, -0.05) is 0 Å². The molecule has 2 fully saturated rings. The molecule has 2 aliphatic rings. The first-order chi connectivity index (χ1) is 6.84. The van der Waals surface area contributed by atoms with Gasteiger partial charge in [-0.25, -0.2) is 9.97 Å². The molecule has 0 saturated carbocycles. The van der Waals surface area contributed by atoms with Crippen molar-refractivity contribution in [3.05, 3.63) is 6.33 Å². The molecule has 2 bridgehead atoms. The van der Waals surface area contributed by atoms with E-state index < -0.39 is 0 Å². The molecular formula is C9H13N5. The lowest BCUT2D eigenvalue weighted by atomic mass is 10.0. The van der Waals surface area contributed by atoms with Crippen molar-refractivity contribution in [2.24, 2.45) is 0 Å². The van der Waals surface area contributed by atoms with E-state index in [4.69, 9.17) is 5.73 Å². The average Bonchev–Trinajstić information content (AvgIpc) is 2.76. The van der Waals surface area contributed by atoms with Crippen molar-refractivity contribution >= 4 is 11.9 Å². The van der Waals surface area contributed by atoms with Crippen LogP contribution in [0, 0.1) is 0 Å². The number of aromatic nitrogens is 3. The monoisotopic (exact) mass is 191 g/mol. The summed E-state index contributed by atoms with van der Waals surface area (Å²) in [4.78, 5) is 14.5. The van der Waals surface area contributed by atoms with E-state index >= 15 is 0 Å². The summed E-state index contributed by atoms with van der Waals surface area (Å²) < 4.78 is 0. The van der Waals surface area contributed by atoms with Gasteiger partial charge in [0.1, 0.15) is 6.33 Å². The van der Waals surface area contributed by atoms with Crippen LogP contribution in [0.2, 0.25) is 0 Å². The summed E-state index contributed by atoms with van der Waals surface area (Å²) in [5.74, 6) is 1.09. The second kappa shape index (κ2) is 2.80. The Kier molecular flexibility index (Phi) is 1.59. The standard InChI is InChI=1S/C9H13N5/c10-8-11-5-12-9(13-8)14-6-1-2-7(14)4-3-6/h5-7H,1-4H2,(H2,10,11,12,13). The highest BCUT2D eigenvalue weighted by Gasteiger charge is 2.40. The quantitative estimate of drug-likeness (QED) is 0.703. The first kappa shape index (κ1) is 7.96. The molecule has 5 nitrogen and oxygen atoms in total. The van der Waals surface area contributed by atoms with E-state index in [1.165, 1.54) is 32.0 Å². The third kappa shape index (κ3) is 1.05. The van der Waals surface area contributed by atoms with E-state index in [2.05, 4.69) is 19.9 Å². The molecule has 74 valence electrons. The smallest absolute Gasteiger partial charge is 0.230 e. The van der Waals surface area contributed by atoms with Crippen molar-refractivity contribution in [3.8, 4) is 0 Å². The van der Waals surface area contributed by atoms with Gasteiger partial charge >= 0.3 is 0 Å². The maximum absolute atomic E-state index is 5.55. The molecule has 1 aromatic heterocycles. The number of hydrogen-bond donors (Lipinski definition) is 1. The predicted molar refractivity (Wildman–Crippen MR) is 52.8 cm³/mol. The number of fused-ring (bicyclic) bond motifs is 2. The molecule has 14 heavy (non-hydrogen) atoms. The minimum atomic E-state index is 0.321. The lowest BCUT2D eigenvalue weighted by Crippen LogP contribution is -2.30. The zero-order valence-corrected chi connectivity index (χ0v) is 7.93. The molecule has 0 atom stereocenters. The van der Waals surface area contributed by atoms with Gasteiger partial charge in [0, 0.05) is 12.1 Å². The summed E-state index contributed by atoms with van der Waals surface area (Å²) in [5, 5.41) is 0. The molecular weight excluding hydrogens is 178 g/mol. The van der Waals surface area contributed by atoms with Crippen molar-refractivity contribution in [1.82, 2.24) is 15.0 Å². The van der Waals surface area contributed by atoms with Crippen molar-refractivity contribution < 1.29 is 0 Å². The molecule has 0 unspecified atom stereocenters. The Morgan fingerprint density at radius 2 is 1.79 bits per heavy atom. The van der Waals surface area contributed by atoms with E-state index in [9.17, 15) is 0 Å². The van der Waals surface area contributed by atoms with Crippen LogP contribution in [0.25, 0.3) is 0 Å². The zero-order chi connectivity index (χ0) is 9.54. The largest absolute Gasteiger partial charge is 0.368 e. The van der Waals surface area contributed by atoms with Crippen LogP contribution in [0.4, 0.5) is 11.9 Å². The van der Waals surface area contributed by atoms with Crippen LogP contribution < -0.4 is 10.6 Å². The van der Waals surface area contributed by atoms with E-state index in [1.807, 2.05) is 0 Å². The number of rotatable bonds is 1. The molecule has 2 saturated heterocycles. The molecule has 2 N–H and O–H groups in total. The highest BCUT2D eigenvalue weighted by atomic mass is 15.3. The normalized spacial score (nSPS) is 29.9. The molecule has 0 radical (unpaired) electrons. The highest BCUT2D eigenvalue weighted by Crippen LogP contribution is 2.39. The van der Waals surface area contributed by atoms with Gasteiger partial charge in [0.2, 0.25) is 11.9 Å². The van der Waals surface area contributed by atoms with Crippen LogP contribution in [0.5, 0.6) is 0 Å². The molecule has 1 aromatic rings. The van der Waals surface area contributed by atoms with Crippen LogP contribution in [0.1, 0.15) is 25.7 Å². The van der Waals surface area contributed by atoms with Gasteiger partial charge in [-0.3, -0.25) is 0 Å². The van der Waals surface area contributed by atoms with Crippen molar-refractivity contribution in [1.29, 1.82) is 0 Å². The number of nitrogens with two attached hydrogens (primary N) is 1. The maximum atomic E-state index is 5.55. The van der Waals surface area contributed by atoms with Crippen molar-refractivity contribution in [3.63, 3.8) is 0 Å². The number of anilines is 2. The van der Waals surface area contributed by atoms with Crippen LogP contribution >= 0.6 is 0 Å². The molecule has 3 heterocycles. The van der Waals surface area contributed by atoms with Gasteiger partial charge in [0.15, 0.2) is 0 Å². The Morgan fingerprint density at radius 3 is 2.36 bits per heavy atom. The summed E-state index contributed by atoms with van der Waals surface area (Å²) >= 11 is 0.